The highest BCUT2D eigenvalue weighted by molar-refractivity contribution is 6.04. The Hall–Kier alpha value is -7.22. The number of hydrogen-bond donors (Lipinski definition) is 0. The number of hydrogen-bond acceptors (Lipinski definition) is 1. The van der Waals surface area contributed by atoms with Gasteiger partial charge in [-0.25, -0.2) is 0 Å². The molecule has 4 aliphatic rings. The summed E-state index contributed by atoms with van der Waals surface area (Å²) in [7, 11) is 0. The first kappa shape index (κ1) is 42.8. The first-order valence-electron chi connectivity index (χ1n) is 25.4. The largest absolute Gasteiger partial charge is 0.309 e. The SMILES string of the molecule is CC(C)(C)c1cc(-c2ccc3c(c2)-c2ccccc2C32c3ccccc3-c3c(N(c4ccc5c(c4)C(C)(C)c4ccccc4-5)c4cccc5c4-c4ccccc4C5(C)C)cccc32)cc(C(C)(C)C)c1. The van der Waals surface area contributed by atoms with E-state index in [-0.39, 0.29) is 21.7 Å². The maximum atomic E-state index is 2.63. The lowest BCUT2D eigenvalue weighted by atomic mass is 9.70. The van der Waals surface area contributed by atoms with Crippen LogP contribution in [0.15, 0.2) is 188 Å². The van der Waals surface area contributed by atoms with Crippen LogP contribution in [0.25, 0.3) is 55.6 Å². The predicted octanol–water partition coefficient (Wildman–Crippen LogP) is 18.4. The number of nitrogens with zero attached hydrogens (tertiary/aromatic N) is 1. The van der Waals surface area contributed by atoms with Crippen LogP contribution in [-0.2, 0) is 27.1 Å². The van der Waals surface area contributed by atoms with Crippen LogP contribution in [0.5, 0.6) is 0 Å². The van der Waals surface area contributed by atoms with Gasteiger partial charge >= 0.3 is 0 Å². The van der Waals surface area contributed by atoms with Gasteiger partial charge in [-0.15, -0.1) is 0 Å². The number of rotatable bonds is 4. The molecule has 0 saturated carbocycles. The van der Waals surface area contributed by atoms with E-state index in [4.69, 9.17) is 0 Å². The fraction of sp³-hybridized carbons (Fsp3) is 0.217. The average molecular weight is 904 g/mol. The third-order valence-corrected chi connectivity index (χ3v) is 17.0. The van der Waals surface area contributed by atoms with Crippen LogP contribution in [-0.4, -0.2) is 0 Å². The molecule has 1 nitrogen and oxygen atoms in total. The quantitative estimate of drug-likeness (QED) is 0.170. The van der Waals surface area contributed by atoms with Crippen LogP contribution in [0.3, 0.4) is 0 Å². The molecule has 0 aromatic heterocycles. The van der Waals surface area contributed by atoms with Gasteiger partial charge < -0.3 is 4.90 Å². The lowest BCUT2D eigenvalue weighted by molar-refractivity contribution is 0.569. The van der Waals surface area contributed by atoms with E-state index in [1.54, 1.807) is 0 Å². The third kappa shape index (κ3) is 5.73. The molecule has 9 aromatic carbocycles. The molecule has 9 aromatic rings. The Morgan fingerprint density at radius 3 is 1.37 bits per heavy atom. The van der Waals surface area contributed by atoms with Gasteiger partial charge in [0.1, 0.15) is 0 Å². The van der Waals surface area contributed by atoms with E-state index in [2.05, 4.69) is 262 Å². The molecule has 13 rings (SSSR count). The number of benzene rings is 9. The molecule has 1 heteroatoms. The van der Waals surface area contributed by atoms with E-state index in [1.807, 2.05) is 0 Å². The fourth-order valence-corrected chi connectivity index (χ4v) is 13.4. The van der Waals surface area contributed by atoms with Crippen molar-refractivity contribution in [1.82, 2.24) is 0 Å². The molecule has 0 bridgehead atoms. The first-order chi connectivity index (χ1) is 33.5. The zero-order chi connectivity index (χ0) is 48.3. The van der Waals surface area contributed by atoms with Crippen molar-refractivity contribution in [3.05, 3.63) is 244 Å². The molecule has 342 valence electrons. The molecule has 0 aliphatic heterocycles. The highest BCUT2D eigenvalue weighted by Crippen LogP contribution is 2.66. The number of anilines is 3. The van der Waals surface area contributed by atoms with Gasteiger partial charge in [0.2, 0.25) is 0 Å². The molecule has 1 unspecified atom stereocenters. The Bertz CT molecular complexity index is 3660. The molecular formula is C69H61N. The average Bonchev–Trinajstić information content (AvgIpc) is 3.99. The maximum absolute atomic E-state index is 2.63. The van der Waals surface area contributed by atoms with Gasteiger partial charge in [0, 0.05) is 27.6 Å². The van der Waals surface area contributed by atoms with E-state index in [9.17, 15) is 0 Å². The minimum absolute atomic E-state index is 0.0205. The Morgan fingerprint density at radius 1 is 0.314 bits per heavy atom. The van der Waals surface area contributed by atoms with Crippen molar-refractivity contribution in [2.75, 3.05) is 4.90 Å². The van der Waals surface area contributed by atoms with Gasteiger partial charge in [-0.2, -0.15) is 0 Å². The summed E-state index contributed by atoms with van der Waals surface area (Å²) < 4.78 is 0. The van der Waals surface area contributed by atoms with Crippen LogP contribution in [0, 0.1) is 0 Å². The summed E-state index contributed by atoms with van der Waals surface area (Å²) in [4.78, 5) is 2.63. The zero-order valence-corrected chi connectivity index (χ0v) is 42.3. The van der Waals surface area contributed by atoms with E-state index in [1.165, 1.54) is 128 Å². The van der Waals surface area contributed by atoms with Crippen molar-refractivity contribution in [2.45, 2.75) is 96.3 Å². The van der Waals surface area contributed by atoms with Crippen molar-refractivity contribution >= 4 is 17.1 Å². The Kier molecular flexibility index (Phi) is 8.83. The van der Waals surface area contributed by atoms with Gasteiger partial charge in [0.05, 0.1) is 16.8 Å². The summed E-state index contributed by atoms with van der Waals surface area (Å²) in [5, 5.41) is 0. The molecular weight excluding hydrogens is 843 g/mol. The van der Waals surface area contributed by atoms with Crippen LogP contribution < -0.4 is 4.90 Å². The predicted molar refractivity (Wildman–Crippen MR) is 295 cm³/mol. The van der Waals surface area contributed by atoms with Crippen molar-refractivity contribution in [3.63, 3.8) is 0 Å². The second-order valence-corrected chi connectivity index (χ2v) is 23.7. The minimum atomic E-state index is -0.517. The summed E-state index contributed by atoms with van der Waals surface area (Å²) in [6.07, 6.45) is 0. The lowest BCUT2D eigenvalue weighted by Gasteiger charge is -2.33. The highest BCUT2D eigenvalue weighted by atomic mass is 15.1. The smallest absolute Gasteiger partial charge is 0.0726 e. The second-order valence-electron chi connectivity index (χ2n) is 23.7. The minimum Gasteiger partial charge on any atom is -0.309 e. The summed E-state index contributed by atoms with van der Waals surface area (Å²) in [6.45, 7) is 23.6. The first-order valence-corrected chi connectivity index (χ1v) is 25.4. The highest BCUT2D eigenvalue weighted by Gasteiger charge is 2.53. The standard InChI is InChI=1S/C69H61N/c1-65(2,3)44-37-43(38-45(40-44)66(4,5)6)42-33-36-57-52(39-42)48-22-12-17-27-55(48)69(57)56-28-18-14-24-51(56)64-59(69)30-20-32-62(64)70(46-34-35-49-47-21-11-15-25-53(47)68(9,10)60(49)41-46)61-31-19-29-58-63(61)50-23-13-16-26-54(50)67(58,7)8/h11-41H,1-10H3. The third-order valence-electron chi connectivity index (χ3n) is 17.0. The van der Waals surface area contributed by atoms with Crippen LogP contribution in [0.4, 0.5) is 17.1 Å². The van der Waals surface area contributed by atoms with Crippen molar-refractivity contribution in [2.24, 2.45) is 0 Å². The number of fused-ring (bicyclic) bond motifs is 16. The molecule has 4 aliphatic carbocycles. The molecule has 0 saturated heterocycles. The Labute approximate surface area is 415 Å². The van der Waals surface area contributed by atoms with Crippen molar-refractivity contribution in [1.29, 1.82) is 0 Å². The monoisotopic (exact) mass is 903 g/mol. The molecule has 0 radical (unpaired) electrons. The van der Waals surface area contributed by atoms with E-state index < -0.39 is 5.41 Å². The second kappa shape index (κ2) is 14.4. The van der Waals surface area contributed by atoms with Gasteiger partial charge in [-0.1, -0.05) is 227 Å². The van der Waals surface area contributed by atoms with Gasteiger partial charge in [-0.3, -0.25) is 0 Å². The van der Waals surface area contributed by atoms with Crippen molar-refractivity contribution < 1.29 is 0 Å². The van der Waals surface area contributed by atoms with Crippen LogP contribution >= 0.6 is 0 Å². The zero-order valence-electron chi connectivity index (χ0n) is 42.3. The van der Waals surface area contributed by atoms with E-state index in [0.717, 1.165) is 0 Å². The van der Waals surface area contributed by atoms with Crippen LogP contribution in [0.1, 0.15) is 125 Å². The molecule has 70 heavy (non-hydrogen) atoms. The molecule has 0 N–H and O–H groups in total. The summed E-state index contributed by atoms with van der Waals surface area (Å²) in [5.74, 6) is 0. The molecule has 0 heterocycles. The molecule has 1 spiro atoms. The fourth-order valence-electron chi connectivity index (χ4n) is 13.4. The normalized spacial score (nSPS) is 17.0. The Balaban J connectivity index is 1.08. The van der Waals surface area contributed by atoms with Crippen LogP contribution in [0.2, 0.25) is 0 Å². The maximum Gasteiger partial charge on any atom is 0.0726 e. The van der Waals surface area contributed by atoms with Gasteiger partial charge in [-0.05, 0) is 141 Å². The molecule has 1 atom stereocenters. The van der Waals surface area contributed by atoms with Crippen molar-refractivity contribution in [3.8, 4) is 55.6 Å². The summed E-state index contributed by atoms with van der Waals surface area (Å²) >= 11 is 0. The van der Waals surface area contributed by atoms with Gasteiger partial charge in [0.25, 0.3) is 0 Å². The topological polar surface area (TPSA) is 3.24 Å². The lowest BCUT2D eigenvalue weighted by Crippen LogP contribution is -2.26. The summed E-state index contributed by atoms with van der Waals surface area (Å²) in [6, 6.07) is 72.9. The molecule has 0 amide bonds. The van der Waals surface area contributed by atoms with Gasteiger partial charge in [0.15, 0.2) is 0 Å². The summed E-state index contributed by atoms with van der Waals surface area (Å²) in [5.41, 5.74) is 29.5. The van der Waals surface area contributed by atoms with E-state index in [0.29, 0.717) is 0 Å². The van der Waals surface area contributed by atoms with E-state index >= 15 is 0 Å². The Morgan fingerprint density at radius 2 is 0.757 bits per heavy atom. The molecule has 0 fully saturated rings.